The Hall–Kier alpha value is -2.88. The highest BCUT2D eigenvalue weighted by molar-refractivity contribution is 5.77. The topological polar surface area (TPSA) is 90.4 Å². The van der Waals surface area contributed by atoms with Crippen LogP contribution in [0.3, 0.4) is 0 Å². The summed E-state index contributed by atoms with van der Waals surface area (Å²) in [5, 5.41) is 14.6. The van der Waals surface area contributed by atoms with Gasteiger partial charge in [0.25, 0.3) is 0 Å². The van der Waals surface area contributed by atoms with Crippen molar-refractivity contribution in [1.82, 2.24) is 15.3 Å². The first-order chi connectivity index (χ1) is 14.7. The summed E-state index contributed by atoms with van der Waals surface area (Å²) in [6.45, 7) is 4.05. The van der Waals surface area contributed by atoms with Crippen LogP contribution in [0.5, 0.6) is 0 Å². The number of anilines is 3. The zero-order valence-corrected chi connectivity index (χ0v) is 17.5. The van der Waals surface area contributed by atoms with E-state index in [4.69, 9.17) is 5.11 Å². The Kier molecular flexibility index (Phi) is 6.99. The molecule has 0 spiro atoms. The molecular weight excluding hydrogens is 411 g/mol. The minimum atomic E-state index is -4.44. The van der Waals surface area contributed by atoms with Crippen LogP contribution in [0.25, 0.3) is 0 Å². The van der Waals surface area contributed by atoms with Crippen LogP contribution in [0.2, 0.25) is 0 Å². The van der Waals surface area contributed by atoms with Crippen molar-refractivity contribution in [3.63, 3.8) is 0 Å². The molecule has 1 fully saturated rings. The lowest BCUT2D eigenvalue weighted by atomic mass is 10.1. The van der Waals surface area contributed by atoms with E-state index in [0.29, 0.717) is 31.7 Å². The van der Waals surface area contributed by atoms with E-state index in [1.54, 1.807) is 6.07 Å². The average Bonchev–Trinajstić information content (AvgIpc) is 3.17. The molecule has 2 heterocycles. The molecule has 1 aromatic heterocycles. The Morgan fingerprint density at radius 2 is 2.06 bits per heavy atom. The van der Waals surface area contributed by atoms with Crippen molar-refractivity contribution in [2.45, 2.75) is 45.3 Å². The van der Waals surface area contributed by atoms with Gasteiger partial charge in [-0.2, -0.15) is 18.2 Å². The summed E-state index contributed by atoms with van der Waals surface area (Å²) in [4.78, 5) is 22.4. The van der Waals surface area contributed by atoms with E-state index >= 15 is 0 Å². The van der Waals surface area contributed by atoms with E-state index in [-0.39, 0.29) is 23.2 Å². The molecule has 0 unspecified atom stereocenters. The second-order valence-corrected chi connectivity index (χ2v) is 7.60. The summed E-state index contributed by atoms with van der Waals surface area (Å²) in [7, 11) is 0. The normalized spacial score (nSPS) is 16.5. The number of aliphatic hydroxyl groups excluding tert-OH is 1. The minimum absolute atomic E-state index is 0.105. The predicted octanol–water partition coefficient (Wildman–Crippen LogP) is 3.19. The van der Waals surface area contributed by atoms with E-state index in [0.717, 1.165) is 18.2 Å². The van der Waals surface area contributed by atoms with Gasteiger partial charge in [0.05, 0.1) is 5.56 Å². The minimum Gasteiger partial charge on any atom is -0.387 e. The number of aryl methyl sites for hydroxylation is 2. The molecule has 3 rings (SSSR count). The number of hydrogen-bond donors (Lipinski definition) is 3. The molecule has 0 saturated carbocycles. The van der Waals surface area contributed by atoms with Gasteiger partial charge in [0.2, 0.25) is 11.9 Å². The zero-order valence-electron chi connectivity index (χ0n) is 17.5. The molecule has 0 bridgehead atoms. The molecule has 0 aliphatic carbocycles. The Morgan fingerprint density at radius 3 is 2.74 bits per heavy atom. The maximum Gasteiger partial charge on any atom is 0.416 e. The first-order valence-electron chi connectivity index (χ1n) is 10.2. The van der Waals surface area contributed by atoms with Crippen molar-refractivity contribution in [3.8, 4) is 0 Å². The van der Waals surface area contributed by atoms with Gasteiger partial charge in [0, 0.05) is 36.6 Å². The second kappa shape index (κ2) is 9.51. The largest absolute Gasteiger partial charge is 0.416 e. The van der Waals surface area contributed by atoms with Crippen LogP contribution >= 0.6 is 0 Å². The summed E-state index contributed by atoms with van der Waals surface area (Å²) in [5.41, 5.74) is 0.477. The molecule has 1 saturated heterocycles. The van der Waals surface area contributed by atoms with Crippen molar-refractivity contribution < 1.29 is 23.1 Å². The molecule has 10 heteroatoms. The van der Waals surface area contributed by atoms with E-state index in [1.165, 1.54) is 13.0 Å². The molecule has 1 aliphatic rings. The highest BCUT2D eigenvalue weighted by Gasteiger charge is 2.32. The molecule has 7 nitrogen and oxygen atoms in total. The third kappa shape index (κ3) is 5.84. The van der Waals surface area contributed by atoms with Crippen LogP contribution < -0.4 is 15.5 Å². The number of aromatic nitrogens is 2. The first-order valence-corrected chi connectivity index (χ1v) is 10.2. The van der Waals surface area contributed by atoms with Crippen molar-refractivity contribution in [2.75, 3.05) is 29.9 Å². The lowest BCUT2D eigenvalue weighted by Crippen LogP contribution is -2.38. The number of benzene rings is 1. The average molecular weight is 437 g/mol. The van der Waals surface area contributed by atoms with Gasteiger partial charge in [-0.25, -0.2) is 4.98 Å². The molecular formula is C21H26F3N5O2. The monoisotopic (exact) mass is 437 g/mol. The van der Waals surface area contributed by atoms with Crippen LogP contribution in [0.4, 0.5) is 30.6 Å². The number of aliphatic hydroxyl groups is 1. The zero-order chi connectivity index (χ0) is 22.6. The lowest BCUT2D eigenvalue weighted by Gasteiger charge is -2.20. The molecule has 1 atom stereocenters. The Labute approximate surface area is 178 Å². The highest BCUT2D eigenvalue weighted by atomic mass is 19.4. The fourth-order valence-electron chi connectivity index (χ4n) is 3.58. The number of alkyl halides is 3. The highest BCUT2D eigenvalue weighted by Crippen LogP contribution is 2.34. The van der Waals surface area contributed by atoms with Crippen LogP contribution in [-0.2, 0) is 17.4 Å². The fraction of sp³-hybridized carbons (Fsp3) is 0.476. The number of nitrogens with zero attached hydrogens (tertiary/aromatic N) is 3. The van der Waals surface area contributed by atoms with E-state index < -0.39 is 24.3 Å². The van der Waals surface area contributed by atoms with Gasteiger partial charge in [-0.15, -0.1) is 0 Å². The van der Waals surface area contributed by atoms with Crippen LogP contribution in [0.15, 0.2) is 24.3 Å². The van der Waals surface area contributed by atoms with Crippen LogP contribution in [0, 0.1) is 6.92 Å². The number of nitrogens with one attached hydrogen (secondary N) is 2. The molecule has 1 amide bonds. The fourth-order valence-corrected chi connectivity index (χ4v) is 3.58. The second-order valence-electron chi connectivity index (χ2n) is 7.60. The molecule has 0 radical (unpaired) electrons. The molecule has 3 N–H and O–H groups in total. The van der Waals surface area contributed by atoms with Crippen LogP contribution in [0.1, 0.15) is 36.6 Å². The summed E-state index contributed by atoms with van der Waals surface area (Å²) in [5.74, 6) is 0.439. The number of rotatable bonds is 7. The van der Waals surface area contributed by atoms with Gasteiger partial charge in [0.1, 0.15) is 12.4 Å². The maximum absolute atomic E-state index is 13.2. The predicted molar refractivity (Wildman–Crippen MR) is 111 cm³/mol. The Morgan fingerprint density at radius 1 is 1.29 bits per heavy atom. The van der Waals surface area contributed by atoms with Crippen molar-refractivity contribution in [1.29, 1.82) is 0 Å². The summed E-state index contributed by atoms with van der Waals surface area (Å²) in [6, 6.07) is 5.79. The van der Waals surface area contributed by atoms with E-state index in [2.05, 4.69) is 20.6 Å². The summed E-state index contributed by atoms with van der Waals surface area (Å²) >= 11 is 0. The van der Waals surface area contributed by atoms with Crippen molar-refractivity contribution in [2.24, 2.45) is 0 Å². The standard InChI is InChI=1S/C21H26F3N5O2/c1-3-4-14-10-18(29-8-7-16(11-29)25-19(31)12-30)28-20(26-14)27-15-6-5-13(2)17(9-15)21(22,23)24/h5-6,9-10,16,30H,3-4,7-8,11-12H2,1-2H3,(H,25,31)(H,26,27,28)/t16-/m0/s1. The van der Waals surface area contributed by atoms with Gasteiger partial charge in [0.15, 0.2) is 0 Å². The number of carbonyl (C=O) groups excluding carboxylic acids is 1. The number of amides is 1. The van der Waals surface area contributed by atoms with Crippen molar-refractivity contribution >= 4 is 23.4 Å². The summed E-state index contributed by atoms with van der Waals surface area (Å²) in [6.07, 6.45) is -2.19. The first kappa shape index (κ1) is 22.8. The Balaban J connectivity index is 1.84. The molecule has 2 aromatic rings. The number of halogens is 3. The molecule has 31 heavy (non-hydrogen) atoms. The van der Waals surface area contributed by atoms with Gasteiger partial charge in [-0.05, 0) is 37.5 Å². The number of hydrogen-bond acceptors (Lipinski definition) is 6. The van der Waals surface area contributed by atoms with Crippen molar-refractivity contribution in [3.05, 3.63) is 41.1 Å². The van der Waals surface area contributed by atoms with Gasteiger partial charge >= 0.3 is 6.18 Å². The van der Waals surface area contributed by atoms with Crippen LogP contribution in [-0.4, -0.2) is 46.7 Å². The lowest BCUT2D eigenvalue weighted by molar-refractivity contribution is -0.138. The Bertz CT molecular complexity index is 936. The quantitative estimate of drug-likeness (QED) is 0.617. The molecule has 168 valence electrons. The van der Waals surface area contributed by atoms with E-state index in [9.17, 15) is 18.0 Å². The third-order valence-electron chi connectivity index (χ3n) is 5.09. The summed E-state index contributed by atoms with van der Waals surface area (Å²) < 4.78 is 39.7. The maximum atomic E-state index is 13.2. The van der Waals surface area contributed by atoms with Gasteiger partial charge in [-0.1, -0.05) is 19.4 Å². The van der Waals surface area contributed by atoms with Gasteiger partial charge in [-0.3, -0.25) is 4.79 Å². The molecule has 1 aliphatic heterocycles. The SMILES string of the molecule is CCCc1cc(N2CC[C@H](NC(=O)CO)C2)nc(Nc2ccc(C)c(C(F)(F)F)c2)n1. The third-order valence-corrected chi connectivity index (χ3v) is 5.09. The molecule has 1 aromatic carbocycles. The number of carbonyl (C=O) groups is 1. The van der Waals surface area contributed by atoms with E-state index in [1.807, 2.05) is 17.9 Å². The van der Waals surface area contributed by atoms with Gasteiger partial charge < -0.3 is 20.6 Å². The smallest absolute Gasteiger partial charge is 0.387 e.